The van der Waals surface area contributed by atoms with E-state index < -0.39 is 5.97 Å². The standard InChI is InChI=1S/C12H12N2O2/c1-7-4-3-5-9(6-7)10-8(2)13-11(14-10)12(15)16/h3-6H,1-2H3,(H,13,14)(H,15,16). The third-order valence-corrected chi connectivity index (χ3v) is 2.38. The zero-order chi connectivity index (χ0) is 11.7. The number of rotatable bonds is 2. The van der Waals surface area contributed by atoms with Gasteiger partial charge >= 0.3 is 5.97 Å². The molecule has 0 aliphatic carbocycles. The second kappa shape index (κ2) is 3.81. The Balaban J connectivity index is 2.52. The van der Waals surface area contributed by atoms with Gasteiger partial charge in [-0.05, 0) is 19.9 Å². The van der Waals surface area contributed by atoms with Crippen LogP contribution in [0.15, 0.2) is 24.3 Å². The van der Waals surface area contributed by atoms with Crippen LogP contribution in [0.25, 0.3) is 11.3 Å². The summed E-state index contributed by atoms with van der Waals surface area (Å²) in [6.07, 6.45) is 0. The number of nitrogens with one attached hydrogen (secondary N) is 1. The topological polar surface area (TPSA) is 66.0 Å². The van der Waals surface area contributed by atoms with Gasteiger partial charge in [-0.3, -0.25) is 0 Å². The van der Waals surface area contributed by atoms with E-state index in [2.05, 4.69) is 9.97 Å². The average molecular weight is 216 g/mol. The number of carboxylic acid groups (broad SMARTS) is 1. The summed E-state index contributed by atoms with van der Waals surface area (Å²) in [4.78, 5) is 17.6. The number of nitrogens with zero attached hydrogens (tertiary/aromatic N) is 1. The summed E-state index contributed by atoms with van der Waals surface area (Å²) in [5.74, 6) is -1.06. The van der Waals surface area contributed by atoms with Crippen LogP contribution in [0.3, 0.4) is 0 Å². The molecule has 1 heterocycles. The lowest BCUT2D eigenvalue weighted by Gasteiger charge is -1.99. The summed E-state index contributed by atoms with van der Waals surface area (Å²) < 4.78 is 0. The van der Waals surface area contributed by atoms with Gasteiger partial charge < -0.3 is 10.1 Å². The van der Waals surface area contributed by atoms with Crippen LogP contribution in [-0.4, -0.2) is 21.0 Å². The molecule has 0 saturated heterocycles. The minimum atomic E-state index is -1.04. The minimum Gasteiger partial charge on any atom is -0.475 e. The zero-order valence-electron chi connectivity index (χ0n) is 9.11. The molecule has 0 aliphatic heterocycles. The van der Waals surface area contributed by atoms with Gasteiger partial charge in [-0.15, -0.1) is 0 Å². The van der Waals surface area contributed by atoms with E-state index in [4.69, 9.17) is 5.11 Å². The molecule has 4 nitrogen and oxygen atoms in total. The van der Waals surface area contributed by atoms with Crippen molar-refractivity contribution < 1.29 is 9.90 Å². The normalized spacial score (nSPS) is 10.4. The molecule has 0 bridgehead atoms. The molecule has 1 aromatic carbocycles. The SMILES string of the molecule is Cc1cccc(-c2nc(C(=O)O)[nH]c2C)c1. The first-order valence-electron chi connectivity index (χ1n) is 4.95. The smallest absolute Gasteiger partial charge is 0.371 e. The van der Waals surface area contributed by atoms with E-state index in [1.54, 1.807) is 0 Å². The van der Waals surface area contributed by atoms with Gasteiger partial charge in [-0.1, -0.05) is 23.8 Å². The van der Waals surface area contributed by atoms with Crippen molar-refractivity contribution in [2.45, 2.75) is 13.8 Å². The first-order chi connectivity index (χ1) is 7.58. The molecule has 0 saturated carbocycles. The summed E-state index contributed by atoms with van der Waals surface area (Å²) >= 11 is 0. The fraction of sp³-hybridized carbons (Fsp3) is 0.167. The van der Waals surface area contributed by atoms with Gasteiger partial charge in [0, 0.05) is 11.3 Å². The van der Waals surface area contributed by atoms with Gasteiger partial charge in [0.25, 0.3) is 0 Å². The number of aromatic amines is 1. The number of hydrogen-bond donors (Lipinski definition) is 2. The second-order valence-electron chi connectivity index (χ2n) is 3.73. The molecule has 0 radical (unpaired) electrons. The number of H-pyrrole nitrogens is 1. The first-order valence-corrected chi connectivity index (χ1v) is 4.95. The Labute approximate surface area is 93.0 Å². The molecular formula is C12H12N2O2. The fourth-order valence-corrected chi connectivity index (χ4v) is 1.64. The molecule has 0 amide bonds. The highest BCUT2D eigenvalue weighted by molar-refractivity contribution is 5.84. The fourth-order valence-electron chi connectivity index (χ4n) is 1.64. The largest absolute Gasteiger partial charge is 0.475 e. The monoisotopic (exact) mass is 216 g/mol. The molecule has 2 N–H and O–H groups in total. The molecule has 2 aromatic rings. The maximum absolute atomic E-state index is 10.8. The van der Waals surface area contributed by atoms with Gasteiger partial charge in [0.15, 0.2) is 0 Å². The predicted octanol–water partition coefficient (Wildman–Crippen LogP) is 2.39. The number of hydrogen-bond acceptors (Lipinski definition) is 2. The van der Waals surface area contributed by atoms with Gasteiger partial charge in [-0.25, -0.2) is 9.78 Å². The van der Waals surface area contributed by atoms with E-state index >= 15 is 0 Å². The maximum Gasteiger partial charge on any atom is 0.371 e. The lowest BCUT2D eigenvalue weighted by atomic mass is 10.1. The molecule has 2 rings (SSSR count). The second-order valence-corrected chi connectivity index (χ2v) is 3.73. The van der Waals surface area contributed by atoms with Crippen LogP contribution in [0.5, 0.6) is 0 Å². The summed E-state index contributed by atoms with van der Waals surface area (Å²) in [6.45, 7) is 3.81. The number of benzene rings is 1. The number of carbonyl (C=O) groups is 1. The summed E-state index contributed by atoms with van der Waals surface area (Å²) in [5, 5.41) is 8.83. The quantitative estimate of drug-likeness (QED) is 0.810. The van der Waals surface area contributed by atoms with Crippen molar-refractivity contribution in [2.75, 3.05) is 0 Å². The third kappa shape index (κ3) is 1.82. The van der Waals surface area contributed by atoms with Gasteiger partial charge in [0.1, 0.15) is 0 Å². The van der Waals surface area contributed by atoms with E-state index in [1.807, 2.05) is 38.1 Å². The molecule has 1 aromatic heterocycles. The molecule has 0 fully saturated rings. The Bertz CT molecular complexity index is 544. The third-order valence-electron chi connectivity index (χ3n) is 2.38. The Hall–Kier alpha value is -2.10. The van der Waals surface area contributed by atoms with E-state index in [0.717, 1.165) is 16.8 Å². The Morgan fingerprint density at radius 2 is 2.12 bits per heavy atom. The van der Waals surface area contributed by atoms with Gasteiger partial charge in [0.2, 0.25) is 5.82 Å². The van der Waals surface area contributed by atoms with Crippen LogP contribution in [-0.2, 0) is 0 Å². The lowest BCUT2D eigenvalue weighted by Crippen LogP contribution is -1.98. The zero-order valence-corrected chi connectivity index (χ0v) is 9.11. The van der Waals surface area contributed by atoms with Crippen molar-refractivity contribution >= 4 is 5.97 Å². The number of imidazole rings is 1. The van der Waals surface area contributed by atoms with Crippen LogP contribution in [0, 0.1) is 13.8 Å². The highest BCUT2D eigenvalue weighted by atomic mass is 16.4. The summed E-state index contributed by atoms with van der Waals surface area (Å²) in [7, 11) is 0. The number of aryl methyl sites for hydroxylation is 2. The summed E-state index contributed by atoms with van der Waals surface area (Å²) in [5.41, 5.74) is 3.52. The molecule has 0 unspecified atom stereocenters. The van der Waals surface area contributed by atoms with Crippen LogP contribution in [0.1, 0.15) is 21.9 Å². The van der Waals surface area contributed by atoms with Gasteiger partial charge in [-0.2, -0.15) is 0 Å². The molecule has 0 aliphatic rings. The van der Waals surface area contributed by atoms with Crippen LogP contribution >= 0.6 is 0 Å². The molecule has 0 spiro atoms. The van der Waals surface area contributed by atoms with E-state index in [1.165, 1.54) is 0 Å². The Morgan fingerprint density at radius 1 is 1.38 bits per heavy atom. The molecule has 4 heteroatoms. The number of aromatic carboxylic acids is 1. The van der Waals surface area contributed by atoms with E-state index in [-0.39, 0.29) is 5.82 Å². The Kier molecular flexibility index (Phi) is 2.48. The lowest BCUT2D eigenvalue weighted by molar-refractivity contribution is 0.0684. The Morgan fingerprint density at radius 3 is 2.69 bits per heavy atom. The number of carboxylic acids is 1. The van der Waals surface area contributed by atoms with Crippen molar-refractivity contribution in [1.29, 1.82) is 0 Å². The number of aromatic nitrogens is 2. The van der Waals surface area contributed by atoms with Crippen molar-refractivity contribution in [2.24, 2.45) is 0 Å². The highest BCUT2D eigenvalue weighted by Gasteiger charge is 2.13. The maximum atomic E-state index is 10.8. The predicted molar refractivity (Wildman–Crippen MR) is 60.5 cm³/mol. The molecule has 82 valence electrons. The van der Waals surface area contributed by atoms with Crippen molar-refractivity contribution in [3.05, 3.63) is 41.3 Å². The van der Waals surface area contributed by atoms with Crippen molar-refractivity contribution in [1.82, 2.24) is 9.97 Å². The molecular weight excluding hydrogens is 204 g/mol. The van der Waals surface area contributed by atoms with E-state index in [0.29, 0.717) is 5.69 Å². The minimum absolute atomic E-state index is 0.0194. The molecule has 16 heavy (non-hydrogen) atoms. The van der Waals surface area contributed by atoms with Gasteiger partial charge in [0.05, 0.1) is 5.69 Å². The summed E-state index contributed by atoms with van der Waals surface area (Å²) in [6, 6.07) is 7.82. The molecule has 0 atom stereocenters. The van der Waals surface area contributed by atoms with E-state index in [9.17, 15) is 4.79 Å². The van der Waals surface area contributed by atoms with Crippen molar-refractivity contribution in [3.63, 3.8) is 0 Å². The average Bonchev–Trinajstić information content (AvgIpc) is 2.60. The van der Waals surface area contributed by atoms with Crippen molar-refractivity contribution in [3.8, 4) is 11.3 Å². The van der Waals surface area contributed by atoms with Crippen LogP contribution in [0.2, 0.25) is 0 Å². The highest BCUT2D eigenvalue weighted by Crippen LogP contribution is 2.21. The first kappa shape index (κ1) is 10.4. The van der Waals surface area contributed by atoms with Crippen LogP contribution < -0.4 is 0 Å². The van der Waals surface area contributed by atoms with Crippen LogP contribution in [0.4, 0.5) is 0 Å².